The zero-order chi connectivity index (χ0) is 22.1. The smallest absolute Gasteiger partial charge is 0.251 e. The number of carbonyl (C=O) groups is 1. The fourth-order valence-corrected chi connectivity index (χ4v) is 3.82. The molecule has 5 rings (SSSR count). The maximum atomic E-state index is 12.1. The number of nitrogens with zero attached hydrogens (tertiary/aromatic N) is 4. The molecule has 0 aliphatic carbocycles. The molecule has 0 radical (unpaired) electrons. The first-order chi connectivity index (χ1) is 15.6. The minimum Gasteiger partial charge on any atom is -0.384 e. The monoisotopic (exact) mass is 426 g/mol. The molecule has 1 aliphatic rings. The highest BCUT2D eigenvalue weighted by Gasteiger charge is 2.26. The molecular weight excluding hydrogens is 404 g/mol. The summed E-state index contributed by atoms with van der Waals surface area (Å²) in [5, 5.41) is 19.7. The average molecular weight is 426 g/mol. The first-order valence-corrected chi connectivity index (χ1v) is 10.3. The summed E-state index contributed by atoms with van der Waals surface area (Å²) in [4.78, 5) is 22.9. The van der Waals surface area contributed by atoms with Gasteiger partial charge in [-0.1, -0.05) is 24.3 Å². The maximum Gasteiger partial charge on any atom is 0.251 e. The lowest BCUT2D eigenvalue weighted by atomic mass is 10.1. The van der Waals surface area contributed by atoms with Gasteiger partial charge in [0.25, 0.3) is 5.91 Å². The van der Waals surface area contributed by atoms with Crippen LogP contribution in [0.5, 0.6) is 0 Å². The molecule has 0 saturated carbocycles. The summed E-state index contributed by atoms with van der Waals surface area (Å²) in [6.07, 6.45) is 4.37. The first kappa shape index (κ1) is 19.9. The van der Waals surface area contributed by atoms with Gasteiger partial charge in [-0.05, 0) is 47.9 Å². The van der Waals surface area contributed by atoms with Gasteiger partial charge in [-0.25, -0.2) is 9.97 Å². The lowest BCUT2D eigenvalue weighted by Gasteiger charge is -2.16. The van der Waals surface area contributed by atoms with E-state index < -0.39 is 6.10 Å². The Labute approximate surface area is 185 Å². The Morgan fingerprint density at radius 1 is 1.06 bits per heavy atom. The van der Waals surface area contributed by atoms with Gasteiger partial charge in [0.2, 0.25) is 0 Å². The predicted molar refractivity (Wildman–Crippen MR) is 121 cm³/mol. The van der Waals surface area contributed by atoms with Crippen LogP contribution in [-0.2, 0) is 17.9 Å². The van der Waals surface area contributed by atoms with Crippen LogP contribution < -0.4 is 5.32 Å². The molecule has 8 heteroatoms. The van der Waals surface area contributed by atoms with Crippen molar-refractivity contribution in [3.63, 3.8) is 0 Å². The van der Waals surface area contributed by atoms with E-state index in [0.29, 0.717) is 24.7 Å². The van der Waals surface area contributed by atoms with Gasteiger partial charge in [0, 0.05) is 42.3 Å². The second kappa shape index (κ2) is 8.24. The number of aliphatic hydroxyl groups is 1. The molecule has 2 aromatic heterocycles. The number of anilines is 2. The Hall–Kier alpha value is -4.04. The van der Waals surface area contributed by atoms with Gasteiger partial charge in [0.15, 0.2) is 5.82 Å². The number of benzene rings is 2. The SMILES string of the molecule is CC(O)C(=O)N1Cc2ccc(-c3nccc(Nc4ccc(-c5cn[nH]c5)cc4)n3)cc2C1. The minimum atomic E-state index is -0.997. The van der Waals surface area contributed by atoms with E-state index in [1.54, 1.807) is 17.3 Å². The lowest BCUT2D eigenvalue weighted by Crippen LogP contribution is -2.33. The third-order valence-electron chi connectivity index (χ3n) is 5.50. The van der Waals surface area contributed by atoms with Gasteiger partial charge in [0.05, 0.1) is 6.20 Å². The van der Waals surface area contributed by atoms with Crippen LogP contribution in [0, 0.1) is 0 Å². The Kier molecular flexibility index (Phi) is 5.12. The van der Waals surface area contributed by atoms with E-state index in [1.807, 2.05) is 54.7 Å². The molecule has 4 aromatic rings. The van der Waals surface area contributed by atoms with Crippen LogP contribution >= 0.6 is 0 Å². The van der Waals surface area contributed by atoms with Crippen molar-refractivity contribution < 1.29 is 9.90 Å². The molecule has 3 N–H and O–H groups in total. The molecule has 2 aromatic carbocycles. The molecular formula is C24H22N6O2. The van der Waals surface area contributed by atoms with E-state index in [2.05, 4.69) is 25.5 Å². The zero-order valence-electron chi connectivity index (χ0n) is 17.5. The predicted octanol–water partition coefficient (Wildman–Crippen LogP) is 3.50. The molecule has 1 atom stereocenters. The standard InChI is InChI=1S/C24H22N6O2/c1-15(31)24(32)30-13-18-3-2-17(10-19(18)14-30)23-25-9-8-22(29-23)28-21-6-4-16(5-7-21)20-11-26-27-12-20/h2-12,15,31H,13-14H2,1H3,(H,26,27)(H,25,28,29). The van der Waals surface area contributed by atoms with Crippen LogP contribution in [0.4, 0.5) is 11.5 Å². The molecule has 3 heterocycles. The number of fused-ring (bicyclic) bond motifs is 1. The molecule has 0 bridgehead atoms. The average Bonchev–Trinajstić information content (AvgIpc) is 3.49. The zero-order valence-corrected chi connectivity index (χ0v) is 17.5. The van der Waals surface area contributed by atoms with E-state index >= 15 is 0 Å². The minimum absolute atomic E-state index is 0.260. The summed E-state index contributed by atoms with van der Waals surface area (Å²) in [7, 11) is 0. The summed E-state index contributed by atoms with van der Waals surface area (Å²) in [6, 6.07) is 15.8. The van der Waals surface area contributed by atoms with Gasteiger partial charge in [-0.2, -0.15) is 5.10 Å². The Balaban J connectivity index is 1.33. The summed E-state index contributed by atoms with van der Waals surface area (Å²) >= 11 is 0. The number of hydrogen-bond acceptors (Lipinski definition) is 6. The normalized spacial score (nSPS) is 13.6. The highest BCUT2D eigenvalue weighted by Crippen LogP contribution is 2.28. The van der Waals surface area contributed by atoms with E-state index in [-0.39, 0.29) is 5.91 Å². The number of hydrogen-bond donors (Lipinski definition) is 3. The fourth-order valence-electron chi connectivity index (χ4n) is 3.82. The van der Waals surface area contributed by atoms with Crippen molar-refractivity contribution in [1.29, 1.82) is 0 Å². The van der Waals surface area contributed by atoms with Gasteiger partial charge in [-0.15, -0.1) is 0 Å². The Morgan fingerprint density at radius 3 is 2.59 bits per heavy atom. The molecule has 8 nitrogen and oxygen atoms in total. The van der Waals surface area contributed by atoms with Gasteiger partial charge in [-0.3, -0.25) is 9.89 Å². The van der Waals surface area contributed by atoms with Crippen LogP contribution in [0.15, 0.2) is 67.1 Å². The molecule has 0 spiro atoms. The summed E-state index contributed by atoms with van der Waals surface area (Å²) in [6.45, 7) is 2.48. The number of amides is 1. The van der Waals surface area contributed by atoms with Crippen molar-refractivity contribution in [2.45, 2.75) is 26.1 Å². The second-order valence-electron chi connectivity index (χ2n) is 7.81. The Bertz CT molecular complexity index is 1250. The Morgan fingerprint density at radius 2 is 1.84 bits per heavy atom. The molecule has 1 aliphatic heterocycles. The topological polar surface area (TPSA) is 107 Å². The van der Waals surface area contributed by atoms with Crippen LogP contribution in [0.1, 0.15) is 18.1 Å². The fraction of sp³-hybridized carbons (Fsp3) is 0.167. The van der Waals surface area contributed by atoms with Gasteiger partial charge >= 0.3 is 0 Å². The number of aromatic amines is 1. The van der Waals surface area contributed by atoms with Crippen molar-refractivity contribution in [3.8, 4) is 22.5 Å². The number of aromatic nitrogens is 4. The third-order valence-corrected chi connectivity index (χ3v) is 5.50. The number of aliphatic hydroxyl groups excluding tert-OH is 1. The summed E-state index contributed by atoms with van der Waals surface area (Å²) in [5.74, 6) is 1.04. The highest BCUT2D eigenvalue weighted by atomic mass is 16.3. The maximum absolute atomic E-state index is 12.1. The number of rotatable bonds is 5. The van der Waals surface area contributed by atoms with Crippen molar-refractivity contribution in [2.24, 2.45) is 0 Å². The number of nitrogens with one attached hydrogen (secondary N) is 2. The van der Waals surface area contributed by atoms with Gasteiger partial charge < -0.3 is 15.3 Å². The molecule has 160 valence electrons. The van der Waals surface area contributed by atoms with Crippen LogP contribution in [-0.4, -0.2) is 42.2 Å². The van der Waals surface area contributed by atoms with Crippen molar-refractivity contribution in [2.75, 3.05) is 5.32 Å². The van der Waals surface area contributed by atoms with E-state index in [4.69, 9.17) is 0 Å². The number of carbonyl (C=O) groups excluding carboxylic acids is 1. The van der Waals surface area contributed by atoms with Crippen molar-refractivity contribution >= 4 is 17.4 Å². The lowest BCUT2D eigenvalue weighted by molar-refractivity contribution is -0.139. The molecule has 1 unspecified atom stereocenters. The van der Waals surface area contributed by atoms with Crippen molar-refractivity contribution in [3.05, 3.63) is 78.2 Å². The number of H-pyrrole nitrogens is 1. The summed E-state index contributed by atoms with van der Waals surface area (Å²) < 4.78 is 0. The summed E-state index contributed by atoms with van der Waals surface area (Å²) in [5.41, 5.74) is 6.04. The van der Waals surface area contributed by atoms with Crippen LogP contribution in [0.25, 0.3) is 22.5 Å². The molecule has 32 heavy (non-hydrogen) atoms. The van der Waals surface area contributed by atoms with Gasteiger partial charge in [0.1, 0.15) is 11.9 Å². The van der Waals surface area contributed by atoms with E-state index in [1.165, 1.54) is 6.92 Å². The molecule has 0 saturated heterocycles. The van der Waals surface area contributed by atoms with Crippen LogP contribution in [0.3, 0.4) is 0 Å². The third kappa shape index (κ3) is 3.95. The van der Waals surface area contributed by atoms with Crippen molar-refractivity contribution in [1.82, 2.24) is 25.1 Å². The largest absolute Gasteiger partial charge is 0.384 e. The highest BCUT2D eigenvalue weighted by molar-refractivity contribution is 5.81. The first-order valence-electron chi connectivity index (χ1n) is 10.3. The van der Waals surface area contributed by atoms with Crippen LogP contribution in [0.2, 0.25) is 0 Å². The molecule has 0 fully saturated rings. The quantitative estimate of drug-likeness (QED) is 0.451. The molecule has 1 amide bonds. The van der Waals surface area contributed by atoms with E-state index in [9.17, 15) is 9.90 Å². The van der Waals surface area contributed by atoms with E-state index in [0.717, 1.165) is 33.5 Å². The second-order valence-corrected chi connectivity index (χ2v) is 7.81.